The molecule has 16 heavy (non-hydrogen) atoms. The molecule has 0 bridgehead atoms. The Morgan fingerprint density at radius 1 is 1.31 bits per heavy atom. The molecule has 0 aliphatic carbocycles. The number of rotatable bonds is 0. The summed E-state index contributed by atoms with van der Waals surface area (Å²) in [4.78, 5) is 11.9. The lowest BCUT2D eigenvalue weighted by molar-refractivity contribution is -0.127. The van der Waals surface area contributed by atoms with Crippen molar-refractivity contribution in [3.63, 3.8) is 0 Å². The highest BCUT2D eigenvalue weighted by Gasteiger charge is 2.40. The van der Waals surface area contributed by atoms with Crippen LogP contribution in [-0.2, 0) is 4.79 Å². The van der Waals surface area contributed by atoms with Crippen LogP contribution in [0.3, 0.4) is 0 Å². The number of nitrogens with one attached hydrogen (secondary N) is 2. The Morgan fingerprint density at radius 3 is 3.00 bits per heavy atom. The average Bonchev–Trinajstić information content (AvgIpc) is 2.29. The van der Waals surface area contributed by atoms with Gasteiger partial charge in [-0.25, -0.2) is 0 Å². The van der Waals surface area contributed by atoms with Gasteiger partial charge >= 0.3 is 0 Å². The van der Waals surface area contributed by atoms with Crippen molar-refractivity contribution in [1.82, 2.24) is 5.32 Å². The van der Waals surface area contributed by atoms with Gasteiger partial charge in [-0.05, 0) is 24.0 Å². The maximum absolute atomic E-state index is 11.9. The van der Waals surface area contributed by atoms with Crippen LogP contribution in [0.15, 0.2) is 24.3 Å². The number of para-hydroxylation sites is 1. The Labute approximate surface area is 95.2 Å². The standard InChI is InChI=1S/C13H16N2O/c1-8-9-4-2-3-5-10(9)15-11-6-7-14-13(16)12(8)11/h2-5,8,11-12,15H,6-7H2,1H3,(H,14,16). The van der Waals surface area contributed by atoms with Gasteiger partial charge in [0.1, 0.15) is 0 Å². The molecule has 1 fully saturated rings. The molecular formula is C13H16N2O. The van der Waals surface area contributed by atoms with Crippen molar-refractivity contribution < 1.29 is 4.79 Å². The van der Waals surface area contributed by atoms with Gasteiger partial charge in [0.15, 0.2) is 0 Å². The smallest absolute Gasteiger partial charge is 0.225 e. The topological polar surface area (TPSA) is 41.1 Å². The van der Waals surface area contributed by atoms with E-state index >= 15 is 0 Å². The molecular weight excluding hydrogens is 200 g/mol. The van der Waals surface area contributed by atoms with Gasteiger partial charge in [-0.15, -0.1) is 0 Å². The second kappa shape index (κ2) is 3.51. The van der Waals surface area contributed by atoms with Crippen LogP contribution in [0, 0.1) is 5.92 Å². The zero-order valence-electron chi connectivity index (χ0n) is 9.36. The second-order valence-corrected chi connectivity index (χ2v) is 4.73. The third kappa shape index (κ3) is 1.31. The predicted octanol–water partition coefficient (Wildman–Crippen LogP) is 1.72. The highest BCUT2D eigenvalue weighted by Crippen LogP contribution is 2.39. The van der Waals surface area contributed by atoms with Crippen LogP contribution in [0.4, 0.5) is 5.69 Å². The number of benzene rings is 1. The first kappa shape index (κ1) is 9.70. The molecule has 0 radical (unpaired) electrons. The zero-order chi connectivity index (χ0) is 11.1. The predicted molar refractivity (Wildman–Crippen MR) is 63.4 cm³/mol. The van der Waals surface area contributed by atoms with Gasteiger partial charge in [-0.1, -0.05) is 25.1 Å². The summed E-state index contributed by atoms with van der Waals surface area (Å²) >= 11 is 0. The van der Waals surface area contributed by atoms with Crippen LogP contribution in [0.25, 0.3) is 0 Å². The minimum Gasteiger partial charge on any atom is -0.381 e. The second-order valence-electron chi connectivity index (χ2n) is 4.73. The van der Waals surface area contributed by atoms with E-state index in [1.807, 2.05) is 12.1 Å². The van der Waals surface area contributed by atoms with E-state index in [1.165, 1.54) is 11.3 Å². The fourth-order valence-corrected chi connectivity index (χ4v) is 2.99. The van der Waals surface area contributed by atoms with Crippen molar-refractivity contribution in [2.45, 2.75) is 25.3 Å². The molecule has 3 unspecified atom stereocenters. The van der Waals surface area contributed by atoms with Crippen molar-refractivity contribution in [1.29, 1.82) is 0 Å². The number of hydrogen-bond donors (Lipinski definition) is 2. The minimum absolute atomic E-state index is 0.0867. The molecule has 3 rings (SSSR count). The molecule has 3 heteroatoms. The molecule has 1 aromatic carbocycles. The number of carbonyl (C=O) groups is 1. The Morgan fingerprint density at radius 2 is 2.12 bits per heavy atom. The third-order valence-corrected chi connectivity index (χ3v) is 3.82. The minimum atomic E-state index is 0.0867. The number of hydrogen-bond acceptors (Lipinski definition) is 2. The first-order valence-corrected chi connectivity index (χ1v) is 5.90. The molecule has 0 spiro atoms. The van der Waals surface area contributed by atoms with Gasteiger partial charge in [0, 0.05) is 18.3 Å². The summed E-state index contributed by atoms with van der Waals surface area (Å²) in [7, 11) is 0. The molecule has 1 aromatic rings. The summed E-state index contributed by atoms with van der Waals surface area (Å²) in [5.74, 6) is 0.595. The molecule has 0 aromatic heterocycles. The van der Waals surface area contributed by atoms with Crippen molar-refractivity contribution in [2.75, 3.05) is 11.9 Å². The number of amides is 1. The van der Waals surface area contributed by atoms with E-state index in [9.17, 15) is 4.79 Å². The number of fused-ring (bicyclic) bond motifs is 2. The van der Waals surface area contributed by atoms with Crippen molar-refractivity contribution in [2.24, 2.45) is 5.92 Å². The van der Waals surface area contributed by atoms with Gasteiger partial charge in [-0.2, -0.15) is 0 Å². The van der Waals surface area contributed by atoms with E-state index in [4.69, 9.17) is 0 Å². The molecule has 2 aliphatic rings. The van der Waals surface area contributed by atoms with E-state index < -0.39 is 0 Å². The number of piperidine rings is 1. The van der Waals surface area contributed by atoms with Crippen LogP contribution in [-0.4, -0.2) is 18.5 Å². The summed E-state index contributed by atoms with van der Waals surface area (Å²) in [6.07, 6.45) is 1.02. The Hall–Kier alpha value is -1.51. The van der Waals surface area contributed by atoms with Crippen molar-refractivity contribution in [3.8, 4) is 0 Å². The Bertz CT molecular complexity index is 430. The van der Waals surface area contributed by atoms with E-state index in [2.05, 4.69) is 29.7 Å². The van der Waals surface area contributed by atoms with Crippen molar-refractivity contribution in [3.05, 3.63) is 29.8 Å². The summed E-state index contributed by atoms with van der Waals surface area (Å²) in [5, 5.41) is 6.46. The monoisotopic (exact) mass is 216 g/mol. The molecule has 3 nitrogen and oxygen atoms in total. The normalized spacial score (nSPS) is 32.1. The van der Waals surface area contributed by atoms with Crippen LogP contribution in [0.2, 0.25) is 0 Å². The van der Waals surface area contributed by atoms with Gasteiger partial charge < -0.3 is 10.6 Å². The van der Waals surface area contributed by atoms with E-state index in [0.29, 0.717) is 12.0 Å². The van der Waals surface area contributed by atoms with Gasteiger partial charge in [-0.3, -0.25) is 4.79 Å². The van der Waals surface area contributed by atoms with E-state index in [-0.39, 0.29) is 11.8 Å². The largest absolute Gasteiger partial charge is 0.381 e. The molecule has 0 saturated carbocycles. The Kier molecular flexibility index (Phi) is 2.13. The van der Waals surface area contributed by atoms with E-state index in [1.54, 1.807) is 0 Å². The van der Waals surface area contributed by atoms with Crippen LogP contribution < -0.4 is 10.6 Å². The molecule has 2 heterocycles. The lowest BCUT2D eigenvalue weighted by Crippen LogP contribution is -2.52. The number of anilines is 1. The van der Waals surface area contributed by atoms with Crippen LogP contribution >= 0.6 is 0 Å². The lowest BCUT2D eigenvalue weighted by atomic mass is 9.75. The van der Waals surface area contributed by atoms with Gasteiger partial charge in [0.25, 0.3) is 0 Å². The molecule has 2 aliphatic heterocycles. The summed E-state index contributed by atoms with van der Waals surface area (Å²) < 4.78 is 0. The van der Waals surface area contributed by atoms with Gasteiger partial charge in [0.2, 0.25) is 5.91 Å². The maximum Gasteiger partial charge on any atom is 0.225 e. The highest BCUT2D eigenvalue weighted by atomic mass is 16.2. The molecule has 3 atom stereocenters. The highest BCUT2D eigenvalue weighted by molar-refractivity contribution is 5.83. The third-order valence-electron chi connectivity index (χ3n) is 3.82. The first-order valence-electron chi connectivity index (χ1n) is 5.90. The quantitative estimate of drug-likeness (QED) is 0.693. The molecule has 84 valence electrons. The summed E-state index contributed by atoms with van der Waals surface area (Å²) in [6, 6.07) is 8.61. The summed E-state index contributed by atoms with van der Waals surface area (Å²) in [5.41, 5.74) is 2.46. The van der Waals surface area contributed by atoms with Crippen LogP contribution in [0.5, 0.6) is 0 Å². The summed E-state index contributed by atoms with van der Waals surface area (Å²) in [6.45, 7) is 2.95. The average molecular weight is 216 g/mol. The fourth-order valence-electron chi connectivity index (χ4n) is 2.99. The molecule has 1 saturated heterocycles. The zero-order valence-corrected chi connectivity index (χ0v) is 9.36. The number of carbonyl (C=O) groups excluding carboxylic acids is 1. The molecule has 2 N–H and O–H groups in total. The van der Waals surface area contributed by atoms with Crippen LogP contribution in [0.1, 0.15) is 24.8 Å². The fraction of sp³-hybridized carbons (Fsp3) is 0.462. The lowest BCUT2D eigenvalue weighted by Gasteiger charge is -2.41. The van der Waals surface area contributed by atoms with E-state index in [0.717, 1.165) is 13.0 Å². The SMILES string of the molecule is CC1c2ccccc2NC2CCNC(=O)C21. The maximum atomic E-state index is 11.9. The van der Waals surface area contributed by atoms with Crippen molar-refractivity contribution >= 4 is 11.6 Å². The first-order chi connectivity index (χ1) is 7.77. The molecule has 1 amide bonds. The van der Waals surface area contributed by atoms with Gasteiger partial charge in [0.05, 0.1) is 5.92 Å². The Balaban J connectivity index is 2.03.